The van der Waals surface area contributed by atoms with Crippen LogP contribution >= 0.6 is 11.6 Å². The average Bonchev–Trinajstić information content (AvgIpc) is 3.33. The van der Waals surface area contributed by atoms with Gasteiger partial charge < -0.3 is 0 Å². The first kappa shape index (κ1) is 15.5. The lowest BCUT2D eigenvalue weighted by atomic mass is 10.2. The molecule has 3 rings (SSSR count). The van der Waals surface area contributed by atoms with Crippen LogP contribution in [0.5, 0.6) is 0 Å². The standard InChI is InChI=1S/C16H17ClN2O2S/c1-12-4-7-15(9-16(12)17)22(20,21)19(14-5-6-14)11-13-3-2-8-18-10-13/h2-4,7-10,14H,5-6,11H2,1H3. The molecule has 1 aliphatic rings. The number of benzene rings is 1. The highest BCUT2D eigenvalue weighted by atomic mass is 35.5. The van der Waals surface area contributed by atoms with E-state index in [1.165, 1.54) is 6.07 Å². The van der Waals surface area contributed by atoms with Crippen molar-refractivity contribution < 1.29 is 8.42 Å². The molecule has 1 saturated carbocycles. The lowest BCUT2D eigenvalue weighted by Gasteiger charge is -2.22. The summed E-state index contributed by atoms with van der Waals surface area (Å²) in [7, 11) is -3.55. The number of pyridine rings is 1. The minimum atomic E-state index is -3.55. The predicted molar refractivity (Wildman–Crippen MR) is 86.2 cm³/mol. The molecule has 22 heavy (non-hydrogen) atoms. The van der Waals surface area contributed by atoms with Gasteiger partial charge in [-0.15, -0.1) is 0 Å². The van der Waals surface area contributed by atoms with Crippen molar-refractivity contribution in [1.29, 1.82) is 0 Å². The molecular formula is C16H17ClN2O2S. The van der Waals surface area contributed by atoms with E-state index in [2.05, 4.69) is 4.98 Å². The van der Waals surface area contributed by atoms with Crippen LogP contribution in [0.15, 0.2) is 47.6 Å². The monoisotopic (exact) mass is 336 g/mol. The van der Waals surface area contributed by atoms with Gasteiger partial charge in [0.2, 0.25) is 10.0 Å². The maximum absolute atomic E-state index is 12.9. The number of halogens is 1. The second kappa shape index (κ2) is 5.99. The molecule has 0 saturated heterocycles. The van der Waals surface area contributed by atoms with Gasteiger partial charge in [-0.3, -0.25) is 4.98 Å². The largest absolute Gasteiger partial charge is 0.264 e. The highest BCUT2D eigenvalue weighted by Gasteiger charge is 2.38. The van der Waals surface area contributed by atoms with Gasteiger partial charge >= 0.3 is 0 Å². The molecule has 0 atom stereocenters. The Morgan fingerprint density at radius 2 is 2.09 bits per heavy atom. The quantitative estimate of drug-likeness (QED) is 0.840. The predicted octanol–water partition coefficient (Wildman–Crippen LogP) is 3.40. The van der Waals surface area contributed by atoms with E-state index in [0.29, 0.717) is 11.6 Å². The van der Waals surface area contributed by atoms with E-state index < -0.39 is 10.0 Å². The topological polar surface area (TPSA) is 50.3 Å². The summed E-state index contributed by atoms with van der Waals surface area (Å²) >= 11 is 6.09. The zero-order chi connectivity index (χ0) is 15.7. The number of aromatic nitrogens is 1. The van der Waals surface area contributed by atoms with Gasteiger partial charge in [0.25, 0.3) is 0 Å². The molecule has 0 radical (unpaired) electrons. The molecule has 0 aliphatic heterocycles. The van der Waals surface area contributed by atoms with E-state index >= 15 is 0 Å². The van der Waals surface area contributed by atoms with Gasteiger partial charge in [-0.1, -0.05) is 23.7 Å². The maximum atomic E-state index is 12.9. The molecule has 0 bridgehead atoms. The summed E-state index contributed by atoms with van der Waals surface area (Å²) in [6, 6.07) is 8.67. The molecule has 116 valence electrons. The lowest BCUT2D eigenvalue weighted by molar-refractivity contribution is 0.398. The first-order valence-electron chi connectivity index (χ1n) is 7.15. The SMILES string of the molecule is Cc1ccc(S(=O)(=O)N(Cc2cccnc2)C2CC2)cc1Cl. The molecule has 0 amide bonds. The minimum absolute atomic E-state index is 0.0743. The van der Waals surface area contributed by atoms with E-state index in [0.717, 1.165) is 24.0 Å². The number of hydrogen-bond acceptors (Lipinski definition) is 3. The fourth-order valence-electron chi connectivity index (χ4n) is 2.31. The molecule has 1 aliphatic carbocycles. The second-order valence-electron chi connectivity index (χ2n) is 5.55. The van der Waals surface area contributed by atoms with E-state index in [9.17, 15) is 8.42 Å². The fraction of sp³-hybridized carbons (Fsp3) is 0.312. The molecule has 0 spiro atoms. The first-order chi connectivity index (χ1) is 10.5. The zero-order valence-corrected chi connectivity index (χ0v) is 13.8. The molecule has 2 aromatic rings. The van der Waals surface area contributed by atoms with Crippen molar-refractivity contribution in [1.82, 2.24) is 9.29 Å². The Morgan fingerprint density at radius 1 is 1.32 bits per heavy atom. The van der Waals surface area contributed by atoms with E-state index in [1.54, 1.807) is 28.8 Å². The summed E-state index contributed by atoms with van der Waals surface area (Å²) in [4.78, 5) is 4.30. The normalized spacial score (nSPS) is 15.2. The second-order valence-corrected chi connectivity index (χ2v) is 7.85. The zero-order valence-electron chi connectivity index (χ0n) is 12.2. The number of rotatable bonds is 5. The van der Waals surface area contributed by atoms with Gasteiger partial charge in [0.05, 0.1) is 4.90 Å². The summed E-state index contributed by atoms with van der Waals surface area (Å²) in [5.41, 5.74) is 1.75. The summed E-state index contributed by atoms with van der Waals surface area (Å²) in [6.45, 7) is 2.19. The Labute approximate surface area is 135 Å². The van der Waals surface area contributed by atoms with Crippen LogP contribution in [0.25, 0.3) is 0 Å². The summed E-state index contributed by atoms with van der Waals surface area (Å²) < 4.78 is 27.4. The smallest absolute Gasteiger partial charge is 0.243 e. The van der Waals surface area contributed by atoms with Crippen LogP contribution in [0.2, 0.25) is 5.02 Å². The molecule has 4 nitrogen and oxygen atoms in total. The fourth-order valence-corrected chi connectivity index (χ4v) is 4.26. The van der Waals surface area contributed by atoms with Crippen molar-refractivity contribution >= 4 is 21.6 Å². The van der Waals surface area contributed by atoms with Crippen molar-refractivity contribution in [2.24, 2.45) is 0 Å². The Balaban J connectivity index is 1.94. The van der Waals surface area contributed by atoms with Crippen molar-refractivity contribution in [2.45, 2.75) is 37.2 Å². The van der Waals surface area contributed by atoms with E-state index in [4.69, 9.17) is 11.6 Å². The van der Waals surface area contributed by atoms with Crippen molar-refractivity contribution in [3.05, 3.63) is 58.9 Å². The van der Waals surface area contributed by atoms with Gasteiger partial charge in [-0.05, 0) is 49.1 Å². The van der Waals surface area contributed by atoms with Gasteiger partial charge in [0, 0.05) is 30.0 Å². The van der Waals surface area contributed by atoms with Gasteiger partial charge in [-0.25, -0.2) is 8.42 Å². The lowest BCUT2D eigenvalue weighted by Crippen LogP contribution is -2.32. The highest BCUT2D eigenvalue weighted by molar-refractivity contribution is 7.89. The first-order valence-corrected chi connectivity index (χ1v) is 8.97. The third-order valence-electron chi connectivity index (χ3n) is 3.77. The van der Waals surface area contributed by atoms with Crippen molar-refractivity contribution in [3.63, 3.8) is 0 Å². The number of hydrogen-bond donors (Lipinski definition) is 0. The summed E-state index contributed by atoms with van der Waals surface area (Å²) in [5, 5.41) is 0.471. The Hall–Kier alpha value is -1.43. The molecule has 1 aromatic carbocycles. The molecule has 1 fully saturated rings. The van der Waals surface area contributed by atoms with Gasteiger partial charge in [0.15, 0.2) is 0 Å². The highest BCUT2D eigenvalue weighted by Crippen LogP contribution is 2.34. The Bertz CT molecular complexity index is 774. The molecule has 0 N–H and O–H groups in total. The van der Waals surface area contributed by atoms with Gasteiger partial charge in [-0.2, -0.15) is 4.31 Å². The third kappa shape index (κ3) is 3.16. The van der Waals surface area contributed by atoms with Crippen LogP contribution in [0.1, 0.15) is 24.0 Å². The van der Waals surface area contributed by atoms with Crippen LogP contribution in [-0.4, -0.2) is 23.7 Å². The molecular weight excluding hydrogens is 320 g/mol. The molecule has 6 heteroatoms. The van der Waals surface area contributed by atoms with E-state index in [-0.39, 0.29) is 10.9 Å². The summed E-state index contributed by atoms with van der Waals surface area (Å²) in [5.74, 6) is 0. The summed E-state index contributed by atoms with van der Waals surface area (Å²) in [6.07, 6.45) is 5.18. The van der Waals surface area contributed by atoms with E-state index in [1.807, 2.05) is 19.1 Å². The maximum Gasteiger partial charge on any atom is 0.243 e. The average molecular weight is 337 g/mol. The third-order valence-corrected chi connectivity index (χ3v) is 6.07. The molecule has 0 unspecified atom stereocenters. The Morgan fingerprint density at radius 3 is 2.68 bits per heavy atom. The number of sulfonamides is 1. The molecule has 1 aromatic heterocycles. The van der Waals surface area contributed by atoms with Crippen LogP contribution < -0.4 is 0 Å². The van der Waals surface area contributed by atoms with Crippen LogP contribution in [0.3, 0.4) is 0 Å². The molecule has 1 heterocycles. The van der Waals surface area contributed by atoms with Crippen molar-refractivity contribution in [3.8, 4) is 0 Å². The van der Waals surface area contributed by atoms with Crippen LogP contribution in [0, 0.1) is 6.92 Å². The Kier molecular flexibility index (Phi) is 4.21. The number of aryl methyl sites for hydroxylation is 1. The number of nitrogens with zero attached hydrogens (tertiary/aromatic N) is 2. The minimum Gasteiger partial charge on any atom is -0.264 e. The van der Waals surface area contributed by atoms with Crippen LogP contribution in [0.4, 0.5) is 0 Å². The van der Waals surface area contributed by atoms with Crippen LogP contribution in [-0.2, 0) is 16.6 Å². The van der Waals surface area contributed by atoms with Gasteiger partial charge in [0.1, 0.15) is 0 Å². The van der Waals surface area contributed by atoms with Crippen molar-refractivity contribution in [2.75, 3.05) is 0 Å².